The number of hydrogen-bond acceptors (Lipinski definition) is 4. The molecule has 0 radical (unpaired) electrons. The summed E-state index contributed by atoms with van der Waals surface area (Å²) in [7, 11) is 8.28. The lowest BCUT2D eigenvalue weighted by Crippen LogP contribution is -2.22. The van der Waals surface area contributed by atoms with Crippen molar-refractivity contribution >= 4 is 17.3 Å². The highest BCUT2D eigenvalue weighted by molar-refractivity contribution is 6.31. The summed E-state index contributed by atoms with van der Waals surface area (Å²) in [5, 5.41) is 0.703. The number of imidazole rings is 1. The van der Waals surface area contributed by atoms with Crippen molar-refractivity contribution < 1.29 is 0 Å². The van der Waals surface area contributed by atoms with E-state index in [2.05, 4.69) is 60.8 Å². The highest BCUT2D eigenvalue weighted by Crippen LogP contribution is 2.33. The summed E-state index contributed by atoms with van der Waals surface area (Å²) in [5.74, 6) is 0.963. The quantitative estimate of drug-likeness (QED) is 0.640. The van der Waals surface area contributed by atoms with E-state index in [9.17, 15) is 0 Å². The van der Waals surface area contributed by atoms with Gasteiger partial charge in [0, 0.05) is 29.2 Å². The van der Waals surface area contributed by atoms with E-state index in [0.717, 1.165) is 47.1 Å². The predicted octanol–water partition coefficient (Wildman–Crippen LogP) is 4.04. The highest BCUT2D eigenvalue weighted by atomic mass is 35.5. The number of benzene rings is 2. The number of fused-ring (bicyclic) bond motifs is 3. The zero-order valence-corrected chi connectivity index (χ0v) is 18.1. The number of aromatic nitrogens is 2. The van der Waals surface area contributed by atoms with Crippen molar-refractivity contribution in [2.45, 2.75) is 12.6 Å². The molecule has 2 heterocycles. The van der Waals surface area contributed by atoms with Crippen LogP contribution in [0.5, 0.6) is 0 Å². The predicted molar refractivity (Wildman–Crippen MR) is 119 cm³/mol. The van der Waals surface area contributed by atoms with Gasteiger partial charge in [0.05, 0.1) is 23.3 Å². The van der Waals surface area contributed by atoms with Crippen LogP contribution in [0, 0.1) is 0 Å². The van der Waals surface area contributed by atoms with E-state index in [4.69, 9.17) is 21.6 Å². The minimum atomic E-state index is -0.0812. The fraction of sp³-hybridized carbons (Fsp3) is 0.304. The van der Waals surface area contributed by atoms with Crippen LogP contribution in [0.2, 0.25) is 5.02 Å². The van der Waals surface area contributed by atoms with Crippen molar-refractivity contribution in [3.05, 3.63) is 82.4 Å². The lowest BCUT2D eigenvalue weighted by atomic mass is 10.0. The second-order valence-corrected chi connectivity index (χ2v) is 8.40. The monoisotopic (exact) mass is 407 g/mol. The van der Waals surface area contributed by atoms with Crippen molar-refractivity contribution in [3.63, 3.8) is 0 Å². The Kier molecular flexibility index (Phi) is 5.54. The molecule has 0 fully saturated rings. The van der Waals surface area contributed by atoms with Crippen LogP contribution < -0.4 is 0 Å². The van der Waals surface area contributed by atoms with Crippen molar-refractivity contribution in [2.75, 3.05) is 34.7 Å². The van der Waals surface area contributed by atoms with Crippen LogP contribution >= 0.6 is 11.6 Å². The third kappa shape index (κ3) is 3.99. The molecule has 5 nitrogen and oxygen atoms in total. The largest absolute Gasteiger partial charge is 0.307 e. The Hall–Kier alpha value is -2.47. The SMILES string of the molecule is CN(C)Cc1cnc2n1-c1ccc(Cl)cc1C(c1ccccc1)=NC2CN(C)C. The second kappa shape index (κ2) is 8.11. The molecule has 1 aliphatic rings. The Morgan fingerprint density at radius 3 is 2.45 bits per heavy atom. The molecule has 6 heteroatoms. The van der Waals surface area contributed by atoms with E-state index >= 15 is 0 Å². The van der Waals surface area contributed by atoms with E-state index in [-0.39, 0.29) is 6.04 Å². The van der Waals surface area contributed by atoms with Crippen LogP contribution in [0.15, 0.2) is 59.7 Å². The molecule has 0 spiro atoms. The van der Waals surface area contributed by atoms with Crippen LogP contribution in [0.3, 0.4) is 0 Å². The number of likely N-dealkylation sites (N-methyl/N-ethyl adjacent to an activating group) is 1. The molecule has 29 heavy (non-hydrogen) atoms. The van der Waals surface area contributed by atoms with Crippen molar-refractivity contribution in [1.29, 1.82) is 0 Å². The number of rotatable bonds is 5. The van der Waals surface area contributed by atoms with Gasteiger partial charge < -0.3 is 9.80 Å². The Morgan fingerprint density at radius 2 is 1.76 bits per heavy atom. The number of aliphatic imine (C=N–C) groups is 1. The summed E-state index contributed by atoms with van der Waals surface area (Å²) < 4.78 is 2.26. The highest BCUT2D eigenvalue weighted by Gasteiger charge is 2.28. The van der Waals surface area contributed by atoms with E-state index in [1.807, 2.05) is 36.5 Å². The van der Waals surface area contributed by atoms with Crippen LogP contribution in [-0.4, -0.2) is 59.8 Å². The van der Waals surface area contributed by atoms with Crippen LogP contribution in [-0.2, 0) is 6.54 Å². The smallest absolute Gasteiger partial charge is 0.139 e. The molecule has 1 unspecified atom stereocenters. The fourth-order valence-corrected chi connectivity index (χ4v) is 3.99. The molecule has 1 atom stereocenters. The molecule has 1 aromatic heterocycles. The van der Waals surface area contributed by atoms with Gasteiger partial charge in [-0.25, -0.2) is 4.98 Å². The number of nitrogens with zero attached hydrogens (tertiary/aromatic N) is 5. The maximum Gasteiger partial charge on any atom is 0.139 e. The van der Waals surface area contributed by atoms with Crippen molar-refractivity contribution in [1.82, 2.24) is 19.4 Å². The standard InChI is InChI=1S/C23H26ClN5/c1-27(2)14-18-13-25-23-20(15-28(3)4)26-22(16-8-6-5-7-9-16)19-12-17(24)10-11-21(19)29(18)23/h5-13,20H,14-15H2,1-4H3. The first-order valence-electron chi connectivity index (χ1n) is 9.73. The molecule has 0 saturated heterocycles. The molecule has 3 aromatic rings. The van der Waals surface area contributed by atoms with Crippen molar-refractivity contribution in [2.24, 2.45) is 4.99 Å². The lowest BCUT2D eigenvalue weighted by Gasteiger charge is -2.19. The second-order valence-electron chi connectivity index (χ2n) is 7.96. The van der Waals surface area contributed by atoms with Gasteiger partial charge in [-0.2, -0.15) is 0 Å². The molecule has 0 saturated carbocycles. The first-order valence-corrected chi connectivity index (χ1v) is 10.1. The Morgan fingerprint density at radius 1 is 1.00 bits per heavy atom. The summed E-state index contributed by atoms with van der Waals surface area (Å²) in [5.41, 5.74) is 5.28. The van der Waals surface area contributed by atoms with Gasteiger partial charge in [0.1, 0.15) is 11.9 Å². The van der Waals surface area contributed by atoms with Crippen LogP contribution in [0.4, 0.5) is 0 Å². The molecular weight excluding hydrogens is 382 g/mol. The normalized spacial score (nSPS) is 15.8. The third-order valence-electron chi connectivity index (χ3n) is 4.96. The molecule has 0 aliphatic carbocycles. The zero-order chi connectivity index (χ0) is 20.5. The molecule has 150 valence electrons. The molecule has 0 amide bonds. The van der Waals surface area contributed by atoms with Crippen LogP contribution in [0.25, 0.3) is 5.69 Å². The maximum atomic E-state index is 6.43. The summed E-state index contributed by atoms with van der Waals surface area (Å²) in [4.78, 5) is 14.4. The molecule has 0 bridgehead atoms. The van der Waals surface area contributed by atoms with E-state index in [0.29, 0.717) is 5.02 Å². The van der Waals surface area contributed by atoms with Crippen molar-refractivity contribution in [3.8, 4) is 5.69 Å². The summed E-state index contributed by atoms with van der Waals surface area (Å²) in [6, 6.07) is 16.3. The third-order valence-corrected chi connectivity index (χ3v) is 5.20. The lowest BCUT2D eigenvalue weighted by molar-refractivity contribution is 0.367. The van der Waals surface area contributed by atoms with Gasteiger partial charge in [0.2, 0.25) is 0 Å². The summed E-state index contributed by atoms with van der Waals surface area (Å²) >= 11 is 6.43. The Balaban J connectivity index is 2.00. The van der Waals surface area contributed by atoms with Gasteiger partial charge in [0.25, 0.3) is 0 Å². The molecule has 4 rings (SSSR count). The molecule has 2 aromatic carbocycles. The van der Waals surface area contributed by atoms with Gasteiger partial charge in [-0.15, -0.1) is 0 Å². The molecule has 0 N–H and O–H groups in total. The van der Waals surface area contributed by atoms with Gasteiger partial charge in [0.15, 0.2) is 0 Å². The Labute approximate surface area is 177 Å². The van der Waals surface area contributed by atoms with E-state index in [1.54, 1.807) is 0 Å². The van der Waals surface area contributed by atoms with Gasteiger partial charge in [-0.05, 0) is 46.4 Å². The molecular formula is C23H26ClN5. The average molecular weight is 408 g/mol. The number of hydrogen-bond donors (Lipinski definition) is 0. The minimum absolute atomic E-state index is 0.0812. The summed E-state index contributed by atoms with van der Waals surface area (Å²) in [6.45, 7) is 1.57. The summed E-state index contributed by atoms with van der Waals surface area (Å²) in [6.07, 6.45) is 1.97. The Bertz CT molecular complexity index is 1040. The van der Waals surface area contributed by atoms with E-state index in [1.165, 1.54) is 0 Å². The minimum Gasteiger partial charge on any atom is -0.307 e. The average Bonchev–Trinajstić information content (AvgIpc) is 3.02. The van der Waals surface area contributed by atoms with E-state index < -0.39 is 0 Å². The first-order chi connectivity index (χ1) is 13.9. The van der Waals surface area contributed by atoms with Gasteiger partial charge in [-0.1, -0.05) is 41.9 Å². The topological polar surface area (TPSA) is 36.7 Å². The van der Waals surface area contributed by atoms with Gasteiger partial charge >= 0.3 is 0 Å². The fourth-order valence-electron chi connectivity index (χ4n) is 3.82. The first kappa shape index (κ1) is 19.8. The number of halogens is 1. The van der Waals surface area contributed by atoms with Crippen LogP contribution in [0.1, 0.15) is 28.7 Å². The van der Waals surface area contributed by atoms with Gasteiger partial charge in [-0.3, -0.25) is 9.56 Å². The maximum absolute atomic E-state index is 6.43. The zero-order valence-electron chi connectivity index (χ0n) is 17.3. The molecule has 1 aliphatic heterocycles.